The molecule has 0 atom stereocenters. The van der Waals surface area contributed by atoms with Gasteiger partial charge in [0.2, 0.25) is 5.91 Å². The maximum absolute atomic E-state index is 11.8. The standard InChI is InChI=1S/C15H17N3O2/c16-11-15(8-4-5-9-15)18-13(19)10-17-14(20)12-6-2-1-3-7-12/h1-3,6-7H,4-5,8-10H2,(H,17,20)(H,18,19). The van der Waals surface area contributed by atoms with E-state index in [4.69, 9.17) is 5.26 Å². The molecule has 2 rings (SSSR count). The van der Waals surface area contributed by atoms with Crippen molar-refractivity contribution in [2.45, 2.75) is 31.2 Å². The molecule has 0 radical (unpaired) electrons. The highest BCUT2D eigenvalue weighted by Crippen LogP contribution is 2.28. The van der Waals surface area contributed by atoms with Gasteiger partial charge in [-0.25, -0.2) is 0 Å². The molecule has 0 spiro atoms. The van der Waals surface area contributed by atoms with E-state index in [1.165, 1.54) is 0 Å². The molecule has 0 heterocycles. The lowest BCUT2D eigenvalue weighted by molar-refractivity contribution is -0.121. The summed E-state index contributed by atoms with van der Waals surface area (Å²) in [5.74, 6) is -0.615. The number of carbonyl (C=O) groups is 2. The smallest absolute Gasteiger partial charge is 0.251 e. The van der Waals surface area contributed by atoms with Gasteiger partial charge in [-0.05, 0) is 37.8 Å². The Morgan fingerprint density at radius 1 is 1.20 bits per heavy atom. The minimum Gasteiger partial charge on any atom is -0.343 e. The Hall–Kier alpha value is -2.35. The molecule has 2 amide bonds. The van der Waals surface area contributed by atoms with Crippen LogP contribution in [0.5, 0.6) is 0 Å². The van der Waals surface area contributed by atoms with Gasteiger partial charge in [-0.15, -0.1) is 0 Å². The number of nitrogens with zero attached hydrogens (tertiary/aromatic N) is 1. The number of rotatable bonds is 4. The van der Waals surface area contributed by atoms with Crippen molar-refractivity contribution in [1.82, 2.24) is 10.6 Å². The van der Waals surface area contributed by atoms with Gasteiger partial charge in [0.1, 0.15) is 5.54 Å². The molecule has 1 aliphatic carbocycles. The molecule has 1 saturated carbocycles. The van der Waals surface area contributed by atoms with Gasteiger partial charge in [-0.2, -0.15) is 5.26 Å². The van der Waals surface area contributed by atoms with Crippen LogP contribution in [0.25, 0.3) is 0 Å². The minimum atomic E-state index is -0.742. The van der Waals surface area contributed by atoms with Gasteiger partial charge in [0.15, 0.2) is 0 Å². The van der Waals surface area contributed by atoms with Crippen molar-refractivity contribution in [2.24, 2.45) is 0 Å². The number of benzene rings is 1. The van der Waals surface area contributed by atoms with Gasteiger partial charge in [0.05, 0.1) is 12.6 Å². The Bertz CT molecular complexity index is 528. The van der Waals surface area contributed by atoms with Gasteiger partial charge >= 0.3 is 0 Å². The third kappa shape index (κ3) is 3.35. The minimum absolute atomic E-state index is 0.114. The lowest BCUT2D eigenvalue weighted by Gasteiger charge is -2.21. The molecule has 0 aromatic heterocycles. The van der Waals surface area contributed by atoms with Crippen LogP contribution in [-0.4, -0.2) is 23.9 Å². The summed E-state index contributed by atoms with van der Waals surface area (Å²) in [4.78, 5) is 23.6. The molecule has 0 unspecified atom stereocenters. The van der Waals surface area contributed by atoms with Crippen molar-refractivity contribution >= 4 is 11.8 Å². The van der Waals surface area contributed by atoms with Crippen LogP contribution in [0.4, 0.5) is 0 Å². The molecular formula is C15H17N3O2. The first kappa shape index (κ1) is 14.1. The molecule has 1 aliphatic rings. The zero-order chi connectivity index (χ0) is 14.4. The van der Waals surface area contributed by atoms with Crippen molar-refractivity contribution < 1.29 is 9.59 Å². The Labute approximate surface area is 118 Å². The number of nitrogens with one attached hydrogen (secondary N) is 2. The summed E-state index contributed by atoms with van der Waals surface area (Å²) in [5.41, 5.74) is -0.231. The van der Waals surface area contributed by atoms with E-state index in [1.54, 1.807) is 24.3 Å². The summed E-state index contributed by atoms with van der Waals surface area (Å²) < 4.78 is 0. The van der Waals surface area contributed by atoms with Crippen molar-refractivity contribution in [3.63, 3.8) is 0 Å². The van der Waals surface area contributed by atoms with Crippen LogP contribution >= 0.6 is 0 Å². The molecule has 0 bridgehead atoms. The van der Waals surface area contributed by atoms with Gasteiger partial charge in [-0.1, -0.05) is 18.2 Å². The second kappa shape index (κ2) is 6.20. The first-order valence-electron chi connectivity index (χ1n) is 6.71. The van der Waals surface area contributed by atoms with Gasteiger partial charge in [-0.3, -0.25) is 9.59 Å². The molecule has 1 fully saturated rings. The molecule has 2 N–H and O–H groups in total. The Morgan fingerprint density at radius 2 is 1.85 bits per heavy atom. The highest BCUT2D eigenvalue weighted by atomic mass is 16.2. The van der Waals surface area contributed by atoms with Crippen LogP contribution in [0, 0.1) is 11.3 Å². The largest absolute Gasteiger partial charge is 0.343 e. The van der Waals surface area contributed by atoms with E-state index in [1.807, 2.05) is 6.07 Å². The summed E-state index contributed by atoms with van der Waals surface area (Å²) in [6.07, 6.45) is 3.26. The molecular weight excluding hydrogens is 254 g/mol. The van der Waals surface area contributed by atoms with Crippen molar-refractivity contribution in [3.8, 4) is 6.07 Å². The predicted molar refractivity (Wildman–Crippen MR) is 73.7 cm³/mol. The summed E-state index contributed by atoms with van der Waals surface area (Å²) >= 11 is 0. The second-order valence-corrected chi connectivity index (χ2v) is 5.00. The third-order valence-electron chi connectivity index (χ3n) is 3.50. The van der Waals surface area contributed by atoms with E-state index in [0.29, 0.717) is 18.4 Å². The molecule has 0 saturated heterocycles. The maximum Gasteiger partial charge on any atom is 0.251 e. The zero-order valence-electron chi connectivity index (χ0n) is 11.2. The lowest BCUT2D eigenvalue weighted by atomic mass is 10.00. The number of nitriles is 1. The molecule has 1 aromatic carbocycles. The van der Waals surface area contributed by atoms with E-state index in [-0.39, 0.29) is 18.4 Å². The molecule has 104 valence electrons. The van der Waals surface area contributed by atoms with Crippen LogP contribution in [0.3, 0.4) is 0 Å². The summed E-state index contributed by atoms with van der Waals surface area (Å²) in [5, 5.41) is 14.5. The normalized spacial score (nSPS) is 16.1. The number of carbonyl (C=O) groups excluding carboxylic acids is 2. The summed E-state index contributed by atoms with van der Waals surface area (Å²) in [7, 11) is 0. The average molecular weight is 271 g/mol. The van der Waals surface area contributed by atoms with Crippen LogP contribution in [-0.2, 0) is 4.79 Å². The van der Waals surface area contributed by atoms with Gasteiger partial charge in [0, 0.05) is 5.56 Å². The number of hydrogen-bond donors (Lipinski definition) is 2. The van der Waals surface area contributed by atoms with E-state index in [9.17, 15) is 9.59 Å². The predicted octanol–water partition coefficient (Wildman–Crippen LogP) is 1.37. The number of amides is 2. The van der Waals surface area contributed by atoms with E-state index in [2.05, 4.69) is 16.7 Å². The fourth-order valence-electron chi connectivity index (χ4n) is 2.41. The molecule has 1 aromatic rings. The Morgan fingerprint density at radius 3 is 2.45 bits per heavy atom. The Kier molecular flexibility index (Phi) is 4.36. The molecule has 20 heavy (non-hydrogen) atoms. The van der Waals surface area contributed by atoms with Crippen LogP contribution in [0.1, 0.15) is 36.0 Å². The van der Waals surface area contributed by atoms with Crippen LogP contribution < -0.4 is 10.6 Å². The fraction of sp³-hybridized carbons (Fsp3) is 0.400. The Balaban J connectivity index is 1.84. The number of hydrogen-bond acceptors (Lipinski definition) is 3. The average Bonchev–Trinajstić information content (AvgIpc) is 2.95. The van der Waals surface area contributed by atoms with Crippen molar-refractivity contribution in [1.29, 1.82) is 5.26 Å². The van der Waals surface area contributed by atoms with E-state index in [0.717, 1.165) is 12.8 Å². The molecule has 0 aliphatic heterocycles. The van der Waals surface area contributed by atoms with Gasteiger partial charge < -0.3 is 10.6 Å². The lowest BCUT2D eigenvalue weighted by Crippen LogP contribution is -2.49. The van der Waals surface area contributed by atoms with Crippen LogP contribution in [0.2, 0.25) is 0 Å². The quantitative estimate of drug-likeness (QED) is 0.867. The highest BCUT2D eigenvalue weighted by Gasteiger charge is 2.35. The van der Waals surface area contributed by atoms with Crippen molar-refractivity contribution in [2.75, 3.05) is 6.54 Å². The molecule has 5 nitrogen and oxygen atoms in total. The van der Waals surface area contributed by atoms with E-state index >= 15 is 0 Å². The first-order valence-corrected chi connectivity index (χ1v) is 6.71. The fourth-order valence-corrected chi connectivity index (χ4v) is 2.41. The summed E-state index contributed by atoms with van der Waals surface area (Å²) in [6, 6.07) is 10.9. The van der Waals surface area contributed by atoms with E-state index < -0.39 is 5.54 Å². The van der Waals surface area contributed by atoms with Crippen molar-refractivity contribution in [3.05, 3.63) is 35.9 Å². The third-order valence-corrected chi connectivity index (χ3v) is 3.50. The monoisotopic (exact) mass is 271 g/mol. The molecule has 5 heteroatoms. The topological polar surface area (TPSA) is 82.0 Å². The SMILES string of the molecule is N#CC1(NC(=O)CNC(=O)c2ccccc2)CCCC1. The van der Waals surface area contributed by atoms with Crippen LogP contribution in [0.15, 0.2) is 30.3 Å². The zero-order valence-corrected chi connectivity index (χ0v) is 11.2. The summed E-state index contributed by atoms with van der Waals surface area (Å²) in [6.45, 7) is -0.114. The highest BCUT2D eigenvalue weighted by molar-refractivity contribution is 5.96. The second-order valence-electron chi connectivity index (χ2n) is 5.00. The van der Waals surface area contributed by atoms with Gasteiger partial charge in [0.25, 0.3) is 5.91 Å². The maximum atomic E-state index is 11.8. The first-order chi connectivity index (χ1) is 9.65.